The van der Waals surface area contributed by atoms with Gasteiger partial charge in [-0.3, -0.25) is 9.69 Å². The highest BCUT2D eigenvalue weighted by molar-refractivity contribution is 5.78. The molecule has 7 nitrogen and oxygen atoms in total. The number of aromatic nitrogens is 2. The highest BCUT2D eigenvalue weighted by atomic mass is 16.5. The van der Waals surface area contributed by atoms with E-state index in [-0.39, 0.29) is 11.8 Å². The molecule has 2 aliphatic rings. The van der Waals surface area contributed by atoms with Crippen molar-refractivity contribution >= 4 is 5.91 Å². The van der Waals surface area contributed by atoms with Gasteiger partial charge in [0.1, 0.15) is 0 Å². The van der Waals surface area contributed by atoms with E-state index in [0.29, 0.717) is 18.3 Å². The zero-order chi connectivity index (χ0) is 23.0. The standard InChI is InChI=1S/C26H39N5O2/c1-3-23-7-4-5-15-31(23)16-6-14-27-26(32)22-12-17-30(18-13-22)19-24-28-25(29-33-24)21-10-8-20(2)9-11-21/h8-11,22-23H,3-7,12-19H2,1-2H3,(H,27,32). The van der Waals surface area contributed by atoms with E-state index < -0.39 is 0 Å². The van der Waals surface area contributed by atoms with E-state index in [1.54, 1.807) is 0 Å². The minimum absolute atomic E-state index is 0.116. The Balaban J connectivity index is 1.15. The summed E-state index contributed by atoms with van der Waals surface area (Å²) in [5.41, 5.74) is 2.18. The number of likely N-dealkylation sites (tertiary alicyclic amines) is 2. The Kier molecular flexibility index (Phi) is 8.51. The number of hydrogen-bond acceptors (Lipinski definition) is 6. The second-order valence-electron chi connectivity index (χ2n) is 9.67. The second kappa shape index (κ2) is 11.7. The molecule has 1 aromatic carbocycles. The molecule has 1 N–H and O–H groups in total. The molecular weight excluding hydrogens is 414 g/mol. The van der Waals surface area contributed by atoms with Crippen molar-refractivity contribution in [3.8, 4) is 11.4 Å². The fourth-order valence-corrected chi connectivity index (χ4v) is 5.14. The summed E-state index contributed by atoms with van der Waals surface area (Å²) in [4.78, 5) is 22.1. The Morgan fingerprint density at radius 2 is 1.91 bits per heavy atom. The zero-order valence-electron chi connectivity index (χ0n) is 20.3. The average Bonchev–Trinajstić information content (AvgIpc) is 3.31. The maximum absolute atomic E-state index is 12.6. The number of aryl methyl sites for hydroxylation is 1. The number of piperidine rings is 2. The third-order valence-electron chi connectivity index (χ3n) is 7.24. The van der Waals surface area contributed by atoms with Crippen LogP contribution in [0.15, 0.2) is 28.8 Å². The smallest absolute Gasteiger partial charge is 0.241 e. The van der Waals surface area contributed by atoms with Crippen molar-refractivity contribution in [1.29, 1.82) is 0 Å². The molecule has 1 unspecified atom stereocenters. The van der Waals surface area contributed by atoms with Gasteiger partial charge in [0.25, 0.3) is 0 Å². The maximum Gasteiger partial charge on any atom is 0.241 e. The minimum Gasteiger partial charge on any atom is -0.356 e. The van der Waals surface area contributed by atoms with Gasteiger partial charge in [0.2, 0.25) is 17.6 Å². The molecule has 33 heavy (non-hydrogen) atoms. The van der Waals surface area contributed by atoms with Crippen molar-refractivity contribution in [3.05, 3.63) is 35.7 Å². The van der Waals surface area contributed by atoms with Gasteiger partial charge < -0.3 is 14.7 Å². The van der Waals surface area contributed by atoms with Gasteiger partial charge in [-0.25, -0.2) is 0 Å². The van der Waals surface area contributed by atoms with Crippen LogP contribution in [0.2, 0.25) is 0 Å². The van der Waals surface area contributed by atoms with E-state index in [1.165, 1.54) is 37.8 Å². The molecule has 0 aliphatic carbocycles. The number of amides is 1. The lowest BCUT2D eigenvalue weighted by atomic mass is 9.96. The Bertz CT molecular complexity index is 873. The molecule has 2 fully saturated rings. The molecule has 0 bridgehead atoms. The third-order valence-corrected chi connectivity index (χ3v) is 7.24. The summed E-state index contributed by atoms with van der Waals surface area (Å²) in [6, 6.07) is 8.88. The number of benzene rings is 1. The fraction of sp³-hybridized carbons (Fsp3) is 0.654. The van der Waals surface area contributed by atoms with Gasteiger partial charge in [-0.1, -0.05) is 48.3 Å². The van der Waals surface area contributed by atoms with Crippen LogP contribution in [0, 0.1) is 12.8 Å². The Labute approximate surface area is 197 Å². The molecule has 0 spiro atoms. The van der Waals surface area contributed by atoms with Crippen molar-refractivity contribution in [2.24, 2.45) is 5.92 Å². The number of carbonyl (C=O) groups is 1. The molecule has 4 rings (SSSR count). The lowest BCUT2D eigenvalue weighted by Gasteiger charge is -2.35. The van der Waals surface area contributed by atoms with E-state index in [0.717, 1.165) is 57.0 Å². The molecule has 3 heterocycles. The number of rotatable bonds is 9. The van der Waals surface area contributed by atoms with Crippen molar-refractivity contribution in [1.82, 2.24) is 25.3 Å². The molecular formula is C26H39N5O2. The number of nitrogens with zero attached hydrogens (tertiary/aromatic N) is 4. The van der Waals surface area contributed by atoms with Crippen LogP contribution in [-0.4, -0.2) is 64.6 Å². The number of carbonyl (C=O) groups excluding carboxylic acids is 1. The van der Waals surface area contributed by atoms with Gasteiger partial charge in [0, 0.05) is 30.6 Å². The van der Waals surface area contributed by atoms with Crippen molar-refractivity contribution < 1.29 is 9.32 Å². The van der Waals surface area contributed by atoms with Crippen LogP contribution in [0.1, 0.15) is 63.3 Å². The van der Waals surface area contributed by atoms with Crippen LogP contribution in [0.3, 0.4) is 0 Å². The van der Waals surface area contributed by atoms with Crippen LogP contribution in [0.25, 0.3) is 11.4 Å². The molecule has 180 valence electrons. The molecule has 2 aliphatic heterocycles. The normalized spacial score (nSPS) is 20.7. The summed E-state index contributed by atoms with van der Waals surface area (Å²) in [6.45, 7) is 9.87. The SMILES string of the molecule is CCC1CCCCN1CCCNC(=O)C1CCN(Cc2nc(-c3ccc(C)cc3)no2)CC1. The molecule has 1 atom stereocenters. The van der Waals surface area contributed by atoms with Crippen LogP contribution < -0.4 is 5.32 Å². The lowest BCUT2D eigenvalue weighted by Crippen LogP contribution is -2.42. The molecule has 2 saturated heterocycles. The maximum atomic E-state index is 12.6. The number of hydrogen-bond donors (Lipinski definition) is 1. The van der Waals surface area contributed by atoms with Gasteiger partial charge in [-0.05, 0) is 65.1 Å². The van der Waals surface area contributed by atoms with Crippen LogP contribution >= 0.6 is 0 Å². The molecule has 0 radical (unpaired) electrons. The predicted octanol–water partition coefficient (Wildman–Crippen LogP) is 4.03. The van der Waals surface area contributed by atoms with Crippen LogP contribution in [-0.2, 0) is 11.3 Å². The van der Waals surface area contributed by atoms with Crippen molar-refractivity contribution in [2.45, 2.75) is 71.4 Å². The second-order valence-corrected chi connectivity index (χ2v) is 9.67. The summed E-state index contributed by atoms with van der Waals surface area (Å²) in [5.74, 6) is 1.61. The topological polar surface area (TPSA) is 74.5 Å². The monoisotopic (exact) mass is 453 g/mol. The van der Waals surface area contributed by atoms with E-state index in [1.807, 2.05) is 12.1 Å². The van der Waals surface area contributed by atoms with E-state index in [9.17, 15) is 4.79 Å². The predicted molar refractivity (Wildman–Crippen MR) is 130 cm³/mol. The molecule has 0 saturated carbocycles. The first kappa shape index (κ1) is 23.9. The van der Waals surface area contributed by atoms with Gasteiger partial charge in [-0.2, -0.15) is 4.98 Å². The summed E-state index contributed by atoms with van der Waals surface area (Å²) < 4.78 is 5.47. The van der Waals surface area contributed by atoms with Crippen LogP contribution in [0.4, 0.5) is 0 Å². The van der Waals surface area contributed by atoms with Gasteiger partial charge in [-0.15, -0.1) is 0 Å². The van der Waals surface area contributed by atoms with E-state index in [2.05, 4.69) is 51.2 Å². The molecule has 7 heteroatoms. The van der Waals surface area contributed by atoms with E-state index in [4.69, 9.17) is 4.52 Å². The van der Waals surface area contributed by atoms with Gasteiger partial charge >= 0.3 is 0 Å². The Hall–Kier alpha value is -2.25. The first-order valence-corrected chi connectivity index (χ1v) is 12.8. The number of nitrogens with one attached hydrogen (secondary N) is 1. The summed E-state index contributed by atoms with van der Waals surface area (Å²) in [7, 11) is 0. The Morgan fingerprint density at radius 1 is 1.12 bits per heavy atom. The van der Waals surface area contributed by atoms with Crippen molar-refractivity contribution in [3.63, 3.8) is 0 Å². The van der Waals surface area contributed by atoms with Gasteiger partial charge in [0.15, 0.2) is 0 Å². The first-order valence-electron chi connectivity index (χ1n) is 12.8. The fourth-order valence-electron chi connectivity index (χ4n) is 5.14. The summed E-state index contributed by atoms with van der Waals surface area (Å²) in [5, 5.41) is 7.32. The molecule has 1 amide bonds. The molecule has 1 aromatic heterocycles. The minimum atomic E-state index is 0.116. The third kappa shape index (κ3) is 6.64. The summed E-state index contributed by atoms with van der Waals surface area (Å²) in [6.07, 6.45) is 8.06. The highest BCUT2D eigenvalue weighted by Gasteiger charge is 2.26. The largest absolute Gasteiger partial charge is 0.356 e. The van der Waals surface area contributed by atoms with Crippen LogP contribution in [0.5, 0.6) is 0 Å². The average molecular weight is 454 g/mol. The Morgan fingerprint density at radius 3 is 2.67 bits per heavy atom. The zero-order valence-corrected chi connectivity index (χ0v) is 20.3. The highest BCUT2D eigenvalue weighted by Crippen LogP contribution is 2.22. The molecule has 2 aromatic rings. The lowest BCUT2D eigenvalue weighted by molar-refractivity contribution is -0.126. The quantitative estimate of drug-likeness (QED) is 0.578. The van der Waals surface area contributed by atoms with E-state index >= 15 is 0 Å². The van der Waals surface area contributed by atoms with Gasteiger partial charge in [0.05, 0.1) is 6.54 Å². The summed E-state index contributed by atoms with van der Waals surface area (Å²) >= 11 is 0. The first-order chi connectivity index (χ1) is 16.1. The van der Waals surface area contributed by atoms with Crippen molar-refractivity contribution in [2.75, 3.05) is 32.7 Å².